The number of aliphatic carboxylic acids is 1. The maximum Gasteiger partial charge on any atom is 0.124 e. The molecule has 4 nitrogen and oxygen atoms in total. The number of nitrogens with one attached hydrogen (secondary N) is 1. The third-order valence-corrected chi connectivity index (χ3v) is 5.47. The van der Waals surface area contributed by atoms with Crippen molar-refractivity contribution >= 4 is 17.3 Å². The van der Waals surface area contributed by atoms with Gasteiger partial charge in [0.2, 0.25) is 0 Å². The summed E-state index contributed by atoms with van der Waals surface area (Å²) in [6, 6.07) is 8.34. The van der Waals surface area contributed by atoms with Gasteiger partial charge in [-0.05, 0) is 18.8 Å². The number of hydrogen-bond donors (Lipinski definition) is 1. The van der Waals surface area contributed by atoms with Crippen LogP contribution in [-0.4, -0.2) is 24.0 Å². The minimum atomic E-state index is -1.08. The minimum absolute atomic E-state index is 0.117. The molecule has 3 rings (SSSR count). The predicted molar refractivity (Wildman–Crippen MR) is 89.1 cm³/mol. The van der Waals surface area contributed by atoms with E-state index in [9.17, 15) is 9.90 Å². The fourth-order valence-electron chi connectivity index (χ4n) is 3.16. The zero-order valence-electron chi connectivity index (χ0n) is 13.4. The first-order valence-electron chi connectivity index (χ1n) is 8.18. The molecular weight excluding hydrogens is 308 g/mol. The number of aromatic nitrogens is 1. The molecule has 0 saturated carbocycles. The molecule has 1 aromatic heterocycles. The molecule has 23 heavy (non-hydrogen) atoms. The Morgan fingerprint density at radius 3 is 2.83 bits per heavy atom. The molecule has 1 aromatic carbocycles. The van der Waals surface area contributed by atoms with Crippen LogP contribution in [0.4, 0.5) is 0 Å². The van der Waals surface area contributed by atoms with Crippen molar-refractivity contribution in [1.29, 1.82) is 0 Å². The molecule has 5 heteroatoms. The van der Waals surface area contributed by atoms with Crippen LogP contribution < -0.4 is 10.0 Å². The van der Waals surface area contributed by atoms with Crippen LogP contribution in [0.5, 0.6) is 0 Å². The zero-order chi connectivity index (χ0) is 16.2. The molecule has 1 aliphatic rings. The van der Waals surface area contributed by atoms with Crippen molar-refractivity contribution in [2.45, 2.75) is 32.7 Å². The molecule has 0 unspecified atom stereocenters. The number of piperidine rings is 1. The molecule has 0 radical (unpaired) electrons. The van der Waals surface area contributed by atoms with Gasteiger partial charge in [-0.15, -0.1) is 11.3 Å². The number of thiazole rings is 1. The van der Waals surface area contributed by atoms with Gasteiger partial charge in [-0.3, -0.25) is 0 Å². The van der Waals surface area contributed by atoms with E-state index in [4.69, 9.17) is 0 Å². The summed E-state index contributed by atoms with van der Waals surface area (Å²) in [5.41, 5.74) is 3.01. The average molecular weight is 330 g/mol. The largest absolute Gasteiger partial charge is 0.550 e. The summed E-state index contributed by atoms with van der Waals surface area (Å²) in [7, 11) is 0. The molecule has 0 spiro atoms. The summed E-state index contributed by atoms with van der Waals surface area (Å²) in [5, 5.41) is 13.4. The van der Waals surface area contributed by atoms with Gasteiger partial charge >= 0.3 is 0 Å². The van der Waals surface area contributed by atoms with E-state index in [-0.39, 0.29) is 6.42 Å². The molecular formula is C18H22N2O2S. The van der Waals surface area contributed by atoms with Gasteiger partial charge in [-0.1, -0.05) is 31.2 Å². The van der Waals surface area contributed by atoms with Crippen LogP contribution in [0, 0.1) is 5.92 Å². The number of carboxylic acid groups (broad SMARTS) is 1. The van der Waals surface area contributed by atoms with Crippen molar-refractivity contribution in [3.05, 3.63) is 40.9 Å². The second-order valence-electron chi connectivity index (χ2n) is 6.46. The SMILES string of the molecule is CC1CC[NH+](Cc2ccccc2-c2nc(CC(=O)[O-])cs2)CC1. The molecule has 2 heterocycles. The predicted octanol–water partition coefficient (Wildman–Crippen LogP) is 0.917. The van der Waals surface area contributed by atoms with Crippen LogP contribution in [0.1, 0.15) is 31.0 Å². The van der Waals surface area contributed by atoms with Gasteiger partial charge < -0.3 is 14.8 Å². The van der Waals surface area contributed by atoms with Gasteiger partial charge in [0.15, 0.2) is 0 Å². The summed E-state index contributed by atoms with van der Waals surface area (Å²) >= 11 is 1.51. The van der Waals surface area contributed by atoms with Crippen LogP contribution in [0.3, 0.4) is 0 Å². The van der Waals surface area contributed by atoms with Crippen LogP contribution in [-0.2, 0) is 17.8 Å². The van der Waals surface area contributed by atoms with E-state index in [1.54, 1.807) is 4.90 Å². The summed E-state index contributed by atoms with van der Waals surface area (Å²) in [6.45, 7) is 5.80. The van der Waals surface area contributed by atoms with Gasteiger partial charge in [0.05, 0.1) is 18.8 Å². The fraction of sp³-hybridized carbons (Fsp3) is 0.444. The number of carbonyl (C=O) groups is 1. The first-order valence-corrected chi connectivity index (χ1v) is 9.06. The smallest absolute Gasteiger partial charge is 0.124 e. The van der Waals surface area contributed by atoms with Gasteiger partial charge in [-0.25, -0.2) is 4.98 Å². The number of quaternary nitrogens is 1. The Bertz CT molecular complexity index is 675. The van der Waals surface area contributed by atoms with Gasteiger partial charge in [0.1, 0.15) is 11.6 Å². The third-order valence-electron chi connectivity index (χ3n) is 4.55. The van der Waals surface area contributed by atoms with E-state index in [2.05, 4.69) is 30.1 Å². The van der Waals surface area contributed by atoms with Crippen molar-refractivity contribution in [3.63, 3.8) is 0 Å². The van der Waals surface area contributed by atoms with Crippen molar-refractivity contribution < 1.29 is 14.8 Å². The lowest BCUT2D eigenvalue weighted by atomic mass is 9.98. The Morgan fingerprint density at radius 2 is 2.09 bits per heavy atom. The Kier molecular flexibility index (Phi) is 5.08. The van der Waals surface area contributed by atoms with E-state index in [0.717, 1.165) is 23.0 Å². The fourth-order valence-corrected chi connectivity index (χ4v) is 4.04. The molecule has 0 amide bonds. The molecule has 2 aromatic rings. The molecule has 1 N–H and O–H groups in total. The highest BCUT2D eigenvalue weighted by molar-refractivity contribution is 7.13. The molecule has 1 aliphatic heterocycles. The summed E-state index contributed by atoms with van der Waals surface area (Å²) in [5.74, 6) is -0.234. The van der Waals surface area contributed by atoms with E-state index in [1.165, 1.54) is 42.8 Å². The number of likely N-dealkylation sites (tertiary alicyclic amines) is 1. The first-order chi connectivity index (χ1) is 11.1. The lowest BCUT2D eigenvalue weighted by molar-refractivity contribution is -0.919. The zero-order valence-corrected chi connectivity index (χ0v) is 14.2. The minimum Gasteiger partial charge on any atom is -0.550 e. The summed E-state index contributed by atoms with van der Waals surface area (Å²) in [6.07, 6.45) is 2.48. The Balaban J connectivity index is 1.77. The molecule has 0 aliphatic carbocycles. The Labute approximate surface area is 140 Å². The van der Waals surface area contributed by atoms with Crippen molar-refractivity contribution in [2.24, 2.45) is 5.92 Å². The Morgan fingerprint density at radius 1 is 1.35 bits per heavy atom. The van der Waals surface area contributed by atoms with Crippen LogP contribution >= 0.6 is 11.3 Å². The maximum atomic E-state index is 10.7. The van der Waals surface area contributed by atoms with Crippen LogP contribution in [0.2, 0.25) is 0 Å². The standard InChI is InChI=1S/C18H22N2O2S/c1-13-6-8-20(9-7-13)11-14-4-2-3-5-16(14)18-19-15(12-23-18)10-17(21)22/h2-5,12-13H,6-11H2,1H3,(H,21,22). The highest BCUT2D eigenvalue weighted by Gasteiger charge is 2.20. The normalized spacial score (nSPS) is 21.3. The summed E-state index contributed by atoms with van der Waals surface area (Å²) in [4.78, 5) is 16.8. The van der Waals surface area contributed by atoms with Gasteiger partial charge in [0.25, 0.3) is 0 Å². The van der Waals surface area contributed by atoms with E-state index in [0.29, 0.717) is 5.69 Å². The lowest BCUT2D eigenvalue weighted by Gasteiger charge is -2.27. The van der Waals surface area contributed by atoms with Crippen LogP contribution in [0.25, 0.3) is 10.6 Å². The average Bonchev–Trinajstić information content (AvgIpc) is 2.97. The highest BCUT2D eigenvalue weighted by Crippen LogP contribution is 2.27. The number of benzene rings is 1. The molecule has 1 saturated heterocycles. The molecule has 0 atom stereocenters. The second-order valence-corrected chi connectivity index (χ2v) is 7.32. The van der Waals surface area contributed by atoms with Gasteiger partial charge in [0, 0.05) is 28.9 Å². The first kappa shape index (κ1) is 16.1. The number of hydrogen-bond acceptors (Lipinski definition) is 4. The number of carbonyl (C=O) groups excluding carboxylic acids is 1. The monoisotopic (exact) mass is 330 g/mol. The Hall–Kier alpha value is -1.72. The second kappa shape index (κ2) is 7.23. The third kappa shape index (κ3) is 4.18. The van der Waals surface area contributed by atoms with E-state index in [1.807, 2.05) is 11.4 Å². The highest BCUT2D eigenvalue weighted by atomic mass is 32.1. The lowest BCUT2D eigenvalue weighted by Crippen LogP contribution is -3.11. The molecule has 1 fully saturated rings. The quantitative estimate of drug-likeness (QED) is 0.887. The number of nitrogens with zero attached hydrogens (tertiary/aromatic N) is 1. The summed E-state index contributed by atoms with van der Waals surface area (Å²) < 4.78 is 0. The van der Waals surface area contributed by atoms with Gasteiger partial charge in [-0.2, -0.15) is 0 Å². The van der Waals surface area contributed by atoms with Crippen molar-refractivity contribution in [1.82, 2.24) is 4.98 Å². The van der Waals surface area contributed by atoms with E-state index >= 15 is 0 Å². The molecule has 122 valence electrons. The maximum absolute atomic E-state index is 10.7. The number of carboxylic acids is 1. The van der Waals surface area contributed by atoms with Crippen molar-refractivity contribution in [2.75, 3.05) is 13.1 Å². The topological polar surface area (TPSA) is 57.5 Å². The number of rotatable bonds is 5. The molecule has 0 bridgehead atoms. The van der Waals surface area contributed by atoms with Crippen molar-refractivity contribution in [3.8, 4) is 10.6 Å². The van der Waals surface area contributed by atoms with Crippen LogP contribution in [0.15, 0.2) is 29.6 Å². The van der Waals surface area contributed by atoms with E-state index < -0.39 is 5.97 Å².